The van der Waals surface area contributed by atoms with Gasteiger partial charge in [-0.05, 0) is 38.0 Å². The third-order valence-electron chi connectivity index (χ3n) is 4.32. The van der Waals surface area contributed by atoms with Crippen LogP contribution in [0.5, 0.6) is 0 Å². The number of aryl methyl sites for hydroxylation is 1. The Labute approximate surface area is 154 Å². The van der Waals surface area contributed by atoms with E-state index in [1.54, 1.807) is 6.92 Å². The highest BCUT2D eigenvalue weighted by Gasteiger charge is 2.33. The fraction of sp³-hybridized carbons (Fsp3) is 0.438. The number of nitrogens with zero attached hydrogens (tertiary/aromatic N) is 3. The highest BCUT2D eigenvalue weighted by atomic mass is 32.2. The average molecular weight is 400 g/mol. The molecule has 2 heterocycles. The summed E-state index contributed by atoms with van der Waals surface area (Å²) in [5.74, 6) is -1.74. The zero-order valence-corrected chi connectivity index (χ0v) is 15.3. The third kappa shape index (κ3) is 4.30. The third-order valence-corrected chi connectivity index (χ3v) is 6.23. The molecule has 1 saturated heterocycles. The molecule has 0 atom stereocenters. The SMILES string of the molecule is Cc1noc(CNC(=O)C2CCN(S(=O)(=O)c3cc(F)ccc3F)CC2)n1. The second kappa shape index (κ2) is 7.69. The van der Waals surface area contributed by atoms with E-state index in [0.29, 0.717) is 11.9 Å². The minimum Gasteiger partial charge on any atom is -0.347 e. The van der Waals surface area contributed by atoms with Crippen LogP contribution in [0.2, 0.25) is 0 Å². The maximum absolute atomic E-state index is 13.8. The maximum atomic E-state index is 13.8. The number of hydrogen-bond acceptors (Lipinski definition) is 6. The van der Waals surface area contributed by atoms with Crippen molar-refractivity contribution < 1.29 is 26.5 Å². The molecule has 2 aromatic rings. The van der Waals surface area contributed by atoms with Crippen molar-refractivity contribution in [1.29, 1.82) is 0 Å². The van der Waals surface area contributed by atoms with Crippen LogP contribution in [0.1, 0.15) is 24.6 Å². The van der Waals surface area contributed by atoms with Crippen LogP contribution in [-0.4, -0.2) is 41.9 Å². The maximum Gasteiger partial charge on any atom is 0.246 e. The van der Waals surface area contributed by atoms with E-state index in [2.05, 4.69) is 15.5 Å². The molecule has 0 saturated carbocycles. The second-order valence-electron chi connectivity index (χ2n) is 6.21. The number of piperidine rings is 1. The molecule has 1 aliphatic heterocycles. The lowest BCUT2D eigenvalue weighted by molar-refractivity contribution is -0.126. The van der Waals surface area contributed by atoms with E-state index >= 15 is 0 Å². The van der Waals surface area contributed by atoms with E-state index in [1.807, 2.05) is 0 Å². The first-order valence-electron chi connectivity index (χ1n) is 8.29. The first-order chi connectivity index (χ1) is 12.8. The van der Waals surface area contributed by atoms with Crippen molar-refractivity contribution >= 4 is 15.9 Å². The molecule has 1 amide bonds. The first-order valence-corrected chi connectivity index (χ1v) is 9.73. The van der Waals surface area contributed by atoms with Gasteiger partial charge in [0.2, 0.25) is 21.8 Å². The smallest absolute Gasteiger partial charge is 0.246 e. The van der Waals surface area contributed by atoms with Crippen LogP contribution < -0.4 is 5.32 Å². The summed E-state index contributed by atoms with van der Waals surface area (Å²) in [6.45, 7) is 1.82. The van der Waals surface area contributed by atoms with Crippen LogP contribution in [-0.2, 0) is 21.4 Å². The summed E-state index contributed by atoms with van der Waals surface area (Å²) in [7, 11) is -4.16. The first kappa shape index (κ1) is 19.4. The van der Waals surface area contributed by atoms with E-state index in [-0.39, 0.29) is 44.3 Å². The fourth-order valence-corrected chi connectivity index (χ4v) is 4.44. The number of benzene rings is 1. The molecule has 3 rings (SSSR count). The Kier molecular flexibility index (Phi) is 5.51. The van der Waals surface area contributed by atoms with Gasteiger partial charge in [-0.3, -0.25) is 4.79 Å². The van der Waals surface area contributed by atoms with Crippen molar-refractivity contribution in [2.75, 3.05) is 13.1 Å². The molecule has 1 aromatic carbocycles. The number of carbonyl (C=O) groups is 1. The Balaban J connectivity index is 1.59. The highest BCUT2D eigenvalue weighted by Crippen LogP contribution is 2.26. The lowest BCUT2D eigenvalue weighted by atomic mass is 9.97. The number of aromatic nitrogens is 2. The van der Waals surface area contributed by atoms with Gasteiger partial charge in [0.05, 0.1) is 6.54 Å². The lowest BCUT2D eigenvalue weighted by Crippen LogP contribution is -2.43. The van der Waals surface area contributed by atoms with Gasteiger partial charge in [0.1, 0.15) is 16.5 Å². The molecule has 1 aliphatic rings. The van der Waals surface area contributed by atoms with Crippen molar-refractivity contribution in [2.45, 2.75) is 31.2 Å². The Morgan fingerprint density at radius 3 is 2.67 bits per heavy atom. The molecule has 1 fully saturated rings. The van der Waals surface area contributed by atoms with E-state index in [4.69, 9.17) is 4.52 Å². The molecule has 0 radical (unpaired) electrons. The molecular formula is C16H18F2N4O4S. The van der Waals surface area contributed by atoms with E-state index < -0.39 is 32.5 Å². The molecule has 1 aromatic heterocycles. The number of hydrogen-bond donors (Lipinski definition) is 1. The summed E-state index contributed by atoms with van der Waals surface area (Å²) in [5.41, 5.74) is 0. The Hall–Kier alpha value is -2.40. The van der Waals surface area contributed by atoms with Crippen LogP contribution in [0.3, 0.4) is 0 Å². The second-order valence-corrected chi connectivity index (χ2v) is 8.11. The predicted molar refractivity (Wildman–Crippen MR) is 88.7 cm³/mol. The zero-order chi connectivity index (χ0) is 19.6. The van der Waals surface area contributed by atoms with Gasteiger partial charge in [0.15, 0.2) is 5.82 Å². The van der Waals surface area contributed by atoms with Gasteiger partial charge in [0.25, 0.3) is 0 Å². The topological polar surface area (TPSA) is 105 Å². The monoisotopic (exact) mass is 400 g/mol. The average Bonchev–Trinajstić information content (AvgIpc) is 3.07. The number of halogens is 2. The summed E-state index contributed by atoms with van der Waals surface area (Å²) < 4.78 is 58.2. The number of amides is 1. The number of rotatable bonds is 5. The standard InChI is InChI=1S/C16H18F2N4O4S/c1-10-20-15(26-21-10)9-19-16(23)11-4-6-22(7-5-11)27(24,25)14-8-12(17)2-3-13(14)18/h2-3,8,11H,4-7,9H2,1H3,(H,19,23). The predicted octanol–water partition coefficient (Wildman–Crippen LogP) is 1.37. The van der Waals surface area contributed by atoms with Crippen molar-refractivity contribution in [3.8, 4) is 0 Å². The number of nitrogens with one attached hydrogen (secondary N) is 1. The molecule has 1 N–H and O–H groups in total. The molecular weight excluding hydrogens is 382 g/mol. The minimum absolute atomic E-state index is 0.0377. The highest BCUT2D eigenvalue weighted by molar-refractivity contribution is 7.89. The van der Waals surface area contributed by atoms with E-state index in [0.717, 1.165) is 16.4 Å². The summed E-state index contributed by atoms with van der Waals surface area (Å²) in [6.07, 6.45) is 0.537. The van der Waals surface area contributed by atoms with Crippen molar-refractivity contribution in [2.24, 2.45) is 5.92 Å². The van der Waals surface area contributed by atoms with Gasteiger partial charge in [-0.2, -0.15) is 9.29 Å². The zero-order valence-electron chi connectivity index (χ0n) is 14.5. The van der Waals surface area contributed by atoms with E-state index in [1.165, 1.54) is 0 Å². The lowest BCUT2D eigenvalue weighted by Gasteiger charge is -2.30. The van der Waals surface area contributed by atoms with Gasteiger partial charge >= 0.3 is 0 Å². The molecule has 0 unspecified atom stereocenters. The van der Waals surface area contributed by atoms with Gasteiger partial charge in [-0.25, -0.2) is 17.2 Å². The number of sulfonamides is 1. The van der Waals surface area contributed by atoms with Crippen LogP contribution in [0.15, 0.2) is 27.6 Å². The Bertz CT molecular complexity index is 940. The minimum atomic E-state index is -4.16. The van der Waals surface area contributed by atoms with Crippen LogP contribution in [0, 0.1) is 24.5 Å². The molecule has 0 bridgehead atoms. The molecule has 146 valence electrons. The normalized spacial score (nSPS) is 16.4. The van der Waals surface area contributed by atoms with Crippen molar-refractivity contribution in [3.63, 3.8) is 0 Å². The van der Waals surface area contributed by atoms with Gasteiger partial charge in [-0.15, -0.1) is 0 Å². The fourth-order valence-electron chi connectivity index (χ4n) is 2.89. The van der Waals surface area contributed by atoms with E-state index in [9.17, 15) is 22.0 Å². The van der Waals surface area contributed by atoms with Gasteiger partial charge in [-0.1, -0.05) is 5.16 Å². The van der Waals surface area contributed by atoms with Crippen LogP contribution in [0.25, 0.3) is 0 Å². The molecule has 27 heavy (non-hydrogen) atoms. The molecule has 0 spiro atoms. The Morgan fingerprint density at radius 2 is 2.04 bits per heavy atom. The Morgan fingerprint density at radius 1 is 1.33 bits per heavy atom. The van der Waals surface area contributed by atoms with Crippen LogP contribution in [0.4, 0.5) is 8.78 Å². The summed E-state index contributed by atoms with van der Waals surface area (Å²) in [5, 5.41) is 6.29. The van der Waals surface area contributed by atoms with Crippen LogP contribution >= 0.6 is 0 Å². The van der Waals surface area contributed by atoms with Gasteiger partial charge < -0.3 is 9.84 Å². The van der Waals surface area contributed by atoms with Gasteiger partial charge in [0, 0.05) is 19.0 Å². The quantitative estimate of drug-likeness (QED) is 0.813. The molecule has 11 heteroatoms. The summed E-state index contributed by atoms with van der Waals surface area (Å²) in [6, 6.07) is 2.30. The molecule has 8 nitrogen and oxygen atoms in total. The number of carbonyl (C=O) groups excluding carboxylic acids is 1. The van der Waals surface area contributed by atoms with Crippen molar-refractivity contribution in [1.82, 2.24) is 19.8 Å². The summed E-state index contributed by atoms with van der Waals surface area (Å²) >= 11 is 0. The summed E-state index contributed by atoms with van der Waals surface area (Å²) in [4.78, 5) is 15.5. The molecule has 0 aliphatic carbocycles. The largest absolute Gasteiger partial charge is 0.347 e. The van der Waals surface area contributed by atoms with Crippen molar-refractivity contribution in [3.05, 3.63) is 41.5 Å².